The lowest BCUT2D eigenvalue weighted by Crippen LogP contribution is -2.28. The van der Waals surface area contributed by atoms with Crippen molar-refractivity contribution in [2.24, 2.45) is 5.92 Å². The van der Waals surface area contributed by atoms with Crippen LogP contribution >= 0.6 is 0 Å². The number of carbonyl (C=O) groups is 1. The first-order valence-corrected chi connectivity index (χ1v) is 6.55. The van der Waals surface area contributed by atoms with Crippen LogP contribution in [0.25, 0.3) is 0 Å². The molecule has 104 valence electrons. The van der Waals surface area contributed by atoms with Crippen LogP contribution in [0.5, 0.6) is 0 Å². The highest BCUT2D eigenvalue weighted by atomic mass is 16.5. The maximum Gasteiger partial charge on any atom is 0.309 e. The molecule has 0 spiro atoms. The van der Waals surface area contributed by atoms with Gasteiger partial charge in [-0.15, -0.1) is 0 Å². The largest absolute Gasteiger partial charge is 0.461 e. The number of pyridine rings is 1. The number of hydrogen-bond donors (Lipinski definition) is 1. The van der Waals surface area contributed by atoms with E-state index < -0.39 is 0 Å². The van der Waals surface area contributed by atoms with Crippen LogP contribution in [0.4, 0.5) is 0 Å². The van der Waals surface area contributed by atoms with Gasteiger partial charge in [0.2, 0.25) is 12.4 Å². The number of benzene rings is 1. The molecule has 1 heterocycles. The normalized spacial score (nSPS) is 11.8. The highest BCUT2D eigenvalue weighted by Crippen LogP contribution is 2.10. The number of rotatable bonds is 5. The van der Waals surface area contributed by atoms with Gasteiger partial charge in [-0.25, -0.2) is 0 Å². The average molecular weight is 272 g/mol. The molecule has 20 heavy (non-hydrogen) atoms. The summed E-state index contributed by atoms with van der Waals surface area (Å²) in [5.74, 6) is -0.428. The summed E-state index contributed by atoms with van der Waals surface area (Å²) in [6.07, 6.45) is 3.67. The van der Waals surface area contributed by atoms with Gasteiger partial charge in [0.1, 0.15) is 6.61 Å². The molecule has 0 fully saturated rings. The van der Waals surface area contributed by atoms with Gasteiger partial charge in [0.05, 0.1) is 5.92 Å². The average Bonchev–Trinajstić information content (AvgIpc) is 2.48. The fourth-order valence-electron chi connectivity index (χ4n) is 1.89. The Labute approximate surface area is 118 Å². The lowest BCUT2D eigenvalue weighted by atomic mass is 10.0. The maximum absolute atomic E-state index is 11.9. The minimum absolute atomic E-state index is 0.213. The van der Waals surface area contributed by atoms with Gasteiger partial charge in [-0.05, 0) is 17.5 Å². The summed E-state index contributed by atoms with van der Waals surface area (Å²) in [6, 6.07) is 13.2. The molecule has 1 N–H and O–H groups in total. The maximum atomic E-state index is 11.9. The van der Waals surface area contributed by atoms with Crippen molar-refractivity contribution in [1.29, 1.82) is 0 Å². The summed E-state index contributed by atoms with van der Waals surface area (Å²) in [6.45, 7) is 2.14. The van der Waals surface area contributed by atoms with Crippen LogP contribution in [0.2, 0.25) is 0 Å². The molecule has 0 bridgehead atoms. The molecule has 0 aliphatic carbocycles. The second kappa shape index (κ2) is 6.70. The Morgan fingerprint density at radius 3 is 2.45 bits per heavy atom. The predicted octanol–water partition coefficient (Wildman–Crippen LogP) is 2.13. The Kier molecular flexibility index (Phi) is 4.71. The third-order valence-corrected chi connectivity index (χ3v) is 3.05. The Morgan fingerprint density at radius 1 is 1.15 bits per heavy atom. The Balaban J connectivity index is 1.84. The van der Waals surface area contributed by atoms with Crippen LogP contribution in [0.15, 0.2) is 54.9 Å². The van der Waals surface area contributed by atoms with Gasteiger partial charge >= 0.3 is 5.97 Å². The molecular formula is C16H18NO3+. The molecule has 2 rings (SSSR count). The summed E-state index contributed by atoms with van der Waals surface area (Å²) >= 11 is 0. The number of esters is 1. The minimum atomic E-state index is -0.215. The van der Waals surface area contributed by atoms with E-state index in [9.17, 15) is 4.79 Å². The second-order valence-corrected chi connectivity index (χ2v) is 4.78. The van der Waals surface area contributed by atoms with Crippen LogP contribution < -0.4 is 4.73 Å². The summed E-state index contributed by atoms with van der Waals surface area (Å²) in [5.41, 5.74) is 1.97. The van der Waals surface area contributed by atoms with Crippen molar-refractivity contribution in [3.05, 3.63) is 66.0 Å². The van der Waals surface area contributed by atoms with Gasteiger partial charge in [-0.2, -0.15) is 0 Å². The van der Waals surface area contributed by atoms with E-state index in [0.29, 0.717) is 13.0 Å². The van der Waals surface area contributed by atoms with E-state index >= 15 is 0 Å². The van der Waals surface area contributed by atoms with Crippen LogP contribution in [0.1, 0.15) is 18.1 Å². The molecule has 4 heteroatoms. The van der Waals surface area contributed by atoms with Gasteiger partial charge in [-0.1, -0.05) is 37.3 Å². The fraction of sp³-hybridized carbons (Fsp3) is 0.250. The van der Waals surface area contributed by atoms with E-state index in [2.05, 4.69) is 0 Å². The molecule has 0 aliphatic heterocycles. The minimum Gasteiger partial charge on any atom is -0.461 e. The van der Waals surface area contributed by atoms with Gasteiger partial charge in [0, 0.05) is 16.9 Å². The van der Waals surface area contributed by atoms with E-state index in [4.69, 9.17) is 9.94 Å². The fourth-order valence-corrected chi connectivity index (χ4v) is 1.89. The van der Waals surface area contributed by atoms with Crippen LogP contribution in [0.3, 0.4) is 0 Å². The molecule has 0 saturated carbocycles. The smallest absolute Gasteiger partial charge is 0.309 e. The van der Waals surface area contributed by atoms with Gasteiger partial charge in [0.25, 0.3) is 0 Å². The number of aromatic nitrogens is 1. The van der Waals surface area contributed by atoms with Crippen molar-refractivity contribution in [3.8, 4) is 0 Å². The molecule has 0 saturated heterocycles. The number of hydrogen-bond acceptors (Lipinski definition) is 3. The molecule has 1 atom stereocenters. The van der Waals surface area contributed by atoms with E-state index in [1.807, 2.05) is 37.3 Å². The quantitative estimate of drug-likeness (QED) is 0.515. The molecular weight excluding hydrogens is 254 g/mol. The van der Waals surface area contributed by atoms with Gasteiger partial charge < -0.3 is 4.74 Å². The van der Waals surface area contributed by atoms with Crippen LogP contribution in [-0.4, -0.2) is 11.2 Å². The molecule has 2 aromatic rings. The van der Waals surface area contributed by atoms with Gasteiger partial charge in [0.15, 0.2) is 0 Å². The monoisotopic (exact) mass is 272 g/mol. The Bertz CT molecular complexity index is 552. The summed E-state index contributed by atoms with van der Waals surface area (Å²) in [5, 5.41) is 9.14. The SMILES string of the molecule is C[C@@H](Cc1cc[n+](O)cc1)C(=O)OCc1ccccc1. The third-order valence-electron chi connectivity index (χ3n) is 3.05. The Morgan fingerprint density at radius 2 is 1.80 bits per heavy atom. The van der Waals surface area contributed by atoms with E-state index in [0.717, 1.165) is 15.9 Å². The first kappa shape index (κ1) is 14.1. The number of carbonyl (C=O) groups excluding carboxylic acids is 1. The zero-order valence-corrected chi connectivity index (χ0v) is 11.4. The first-order chi connectivity index (χ1) is 9.65. The molecule has 1 aromatic carbocycles. The van der Waals surface area contributed by atoms with Gasteiger partial charge in [-0.3, -0.25) is 10.0 Å². The van der Waals surface area contributed by atoms with Crippen molar-refractivity contribution < 1.29 is 19.5 Å². The van der Waals surface area contributed by atoms with Crippen LogP contribution in [0, 0.1) is 5.92 Å². The standard InChI is InChI=1S/C16H18NO3/c1-13(11-14-7-9-17(19)10-8-14)16(18)20-12-15-5-3-2-4-6-15/h2-10,13,19H,11-12H2,1H3/q+1/t13-/m0/s1. The van der Waals surface area contributed by atoms with E-state index in [1.54, 1.807) is 12.1 Å². The highest BCUT2D eigenvalue weighted by molar-refractivity contribution is 5.72. The Hall–Kier alpha value is -2.36. The molecule has 4 nitrogen and oxygen atoms in total. The topological polar surface area (TPSA) is 50.4 Å². The van der Waals surface area contributed by atoms with Crippen molar-refractivity contribution in [2.75, 3.05) is 0 Å². The van der Waals surface area contributed by atoms with Crippen molar-refractivity contribution in [3.63, 3.8) is 0 Å². The summed E-state index contributed by atoms with van der Waals surface area (Å²) in [4.78, 5) is 11.9. The van der Waals surface area contributed by atoms with Crippen LogP contribution in [-0.2, 0) is 22.6 Å². The highest BCUT2D eigenvalue weighted by Gasteiger charge is 2.15. The first-order valence-electron chi connectivity index (χ1n) is 6.55. The zero-order chi connectivity index (χ0) is 14.4. The van der Waals surface area contributed by atoms with Crippen molar-refractivity contribution in [1.82, 2.24) is 0 Å². The second-order valence-electron chi connectivity index (χ2n) is 4.78. The van der Waals surface area contributed by atoms with E-state index in [1.165, 1.54) is 12.4 Å². The van der Waals surface area contributed by atoms with Crippen molar-refractivity contribution in [2.45, 2.75) is 20.0 Å². The summed E-state index contributed by atoms with van der Waals surface area (Å²) < 4.78 is 6.27. The number of nitrogens with zero attached hydrogens (tertiary/aromatic N) is 1. The zero-order valence-electron chi connectivity index (χ0n) is 11.4. The lowest BCUT2D eigenvalue weighted by molar-refractivity contribution is -0.904. The molecule has 0 amide bonds. The third kappa shape index (κ3) is 4.09. The van der Waals surface area contributed by atoms with E-state index in [-0.39, 0.29) is 11.9 Å². The predicted molar refractivity (Wildman–Crippen MR) is 72.9 cm³/mol. The molecule has 1 aromatic heterocycles. The molecule has 0 unspecified atom stereocenters. The lowest BCUT2D eigenvalue weighted by Gasteiger charge is -2.11. The summed E-state index contributed by atoms with van der Waals surface area (Å²) in [7, 11) is 0. The number of ether oxygens (including phenoxy) is 1. The molecule has 0 radical (unpaired) electrons. The molecule has 0 aliphatic rings. The van der Waals surface area contributed by atoms with Crippen molar-refractivity contribution >= 4 is 5.97 Å².